The molecule has 0 aliphatic rings. The van der Waals surface area contributed by atoms with Gasteiger partial charge in [0.25, 0.3) is 0 Å². The molecule has 0 spiro atoms. The Balaban J connectivity index is 1.90. The van der Waals surface area contributed by atoms with Gasteiger partial charge in [-0.25, -0.2) is 4.98 Å². The van der Waals surface area contributed by atoms with Gasteiger partial charge < -0.3 is 20.1 Å². The highest BCUT2D eigenvalue weighted by atomic mass is 16.6. The first-order valence-corrected chi connectivity index (χ1v) is 6.53. The number of nitrogens with zero attached hydrogens (tertiary/aromatic N) is 5. The van der Waals surface area contributed by atoms with Crippen LogP contribution < -0.4 is 4.90 Å². The zero-order chi connectivity index (χ0) is 15.7. The topological polar surface area (TPSA) is 96.8 Å². The first kappa shape index (κ1) is 13.8. The van der Waals surface area contributed by atoms with E-state index in [0.717, 1.165) is 5.56 Å². The fourth-order valence-electron chi connectivity index (χ4n) is 2.14. The predicted octanol–water partition coefficient (Wildman–Crippen LogP) is 1.98. The Morgan fingerprint density at radius 3 is 2.68 bits per heavy atom. The van der Waals surface area contributed by atoms with Crippen LogP contribution in [0.3, 0.4) is 0 Å². The molecule has 0 aliphatic heterocycles. The van der Waals surface area contributed by atoms with Crippen LogP contribution in [0.2, 0.25) is 0 Å². The van der Waals surface area contributed by atoms with Crippen molar-refractivity contribution in [2.45, 2.75) is 6.54 Å². The Kier molecular flexibility index (Phi) is 3.34. The lowest BCUT2D eigenvalue weighted by Crippen LogP contribution is -2.18. The van der Waals surface area contributed by atoms with Crippen molar-refractivity contribution >= 4 is 17.3 Å². The van der Waals surface area contributed by atoms with Crippen molar-refractivity contribution in [3.63, 3.8) is 0 Å². The van der Waals surface area contributed by atoms with Gasteiger partial charge in [0, 0.05) is 19.7 Å². The average molecular weight is 299 g/mol. The minimum atomic E-state index is -0.517. The molecule has 0 unspecified atom stereocenters. The molecule has 8 nitrogen and oxygen atoms in total. The lowest BCUT2D eigenvalue weighted by atomic mass is 10.2. The molecular formula is C14H13N5O3. The third kappa shape index (κ3) is 2.53. The normalized spacial score (nSPS) is 10.8. The molecule has 22 heavy (non-hydrogen) atoms. The highest BCUT2D eigenvalue weighted by Crippen LogP contribution is 2.18. The van der Waals surface area contributed by atoms with Gasteiger partial charge in [0.05, 0.1) is 0 Å². The molecule has 0 fully saturated rings. The molecule has 3 aromatic rings. The number of phenols is 1. The zero-order valence-electron chi connectivity index (χ0n) is 11.7. The van der Waals surface area contributed by atoms with Gasteiger partial charge in [-0.1, -0.05) is 21.7 Å². The fourth-order valence-corrected chi connectivity index (χ4v) is 2.14. The Morgan fingerprint density at radius 2 is 2.00 bits per heavy atom. The van der Waals surface area contributed by atoms with E-state index in [0.29, 0.717) is 18.0 Å². The molecule has 0 amide bonds. The number of imidazole rings is 1. The SMILES string of the molecule is CN(Cc1ccc(O)cc1)c1ccc2ncc([N+](=O)[O-])n2n1. The number of aromatic hydroxyl groups is 1. The van der Waals surface area contributed by atoms with Crippen molar-refractivity contribution in [3.8, 4) is 5.75 Å². The molecule has 1 aromatic carbocycles. The third-order valence-corrected chi connectivity index (χ3v) is 3.26. The monoisotopic (exact) mass is 299 g/mol. The number of rotatable bonds is 4. The molecule has 3 rings (SSSR count). The average Bonchev–Trinajstić information content (AvgIpc) is 2.92. The van der Waals surface area contributed by atoms with E-state index >= 15 is 0 Å². The Labute approximate surface area is 125 Å². The zero-order valence-corrected chi connectivity index (χ0v) is 11.7. The number of nitro groups is 1. The van der Waals surface area contributed by atoms with E-state index in [1.54, 1.807) is 24.3 Å². The molecule has 0 saturated heterocycles. The van der Waals surface area contributed by atoms with E-state index in [1.165, 1.54) is 10.7 Å². The summed E-state index contributed by atoms with van der Waals surface area (Å²) >= 11 is 0. The number of anilines is 1. The van der Waals surface area contributed by atoms with Gasteiger partial charge in [0.2, 0.25) is 5.65 Å². The fraction of sp³-hybridized carbons (Fsp3) is 0.143. The van der Waals surface area contributed by atoms with Crippen molar-refractivity contribution in [3.05, 3.63) is 58.3 Å². The number of hydrogen-bond donors (Lipinski definition) is 1. The summed E-state index contributed by atoms with van der Waals surface area (Å²) in [4.78, 5) is 16.2. The minimum Gasteiger partial charge on any atom is -0.508 e. The van der Waals surface area contributed by atoms with Gasteiger partial charge in [-0.15, -0.1) is 0 Å². The summed E-state index contributed by atoms with van der Waals surface area (Å²) in [5.74, 6) is 0.622. The maximum absolute atomic E-state index is 10.9. The first-order valence-electron chi connectivity index (χ1n) is 6.53. The molecule has 2 aromatic heterocycles. The van der Waals surface area contributed by atoms with Crippen molar-refractivity contribution in [2.75, 3.05) is 11.9 Å². The van der Waals surface area contributed by atoms with Crippen LogP contribution in [0.5, 0.6) is 5.75 Å². The molecule has 0 atom stereocenters. The smallest absolute Gasteiger partial charge is 0.368 e. The van der Waals surface area contributed by atoms with Crippen LogP contribution in [0.4, 0.5) is 11.6 Å². The van der Waals surface area contributed by atoms with Gasteiger partial charge in [-0.2, -0.15) is 0 Å². The Morgan fingerprint density at radius 1 is 1.27 bits per heavy atom. The highest BCUT2D eigenvalue weighted by Gasteiger charge is 2.17. The van der Waals surface area contributed by atoms with Crippen molar-refractivity contribution in [1.29, 1.82) is 0 Å². The molecular weight excluding hydrogens is 286 g/mol. The van der Waals surface area contributed by atoms with E-state index in [1.807, 2.05) is 24.1 Å². The predicted molar refractivity (Wildman–Crippen MR) is 79.9 cm³/mol. The highest BCUT2D eigenvalue weighted by molar-refractivity contribution is 5.49. The second kappa shape index (κ2) is 5.32. The molecule has 0 saturated carbocycles. The lowest BCUT2D eigenvalue weighted by Gasteiger charge is -2.16. The van der Waals surface area contributed by atoms with Crippen molar-refractivity contribution in [1.82, 2.24) is 14.6 Å². The summed E-state index contributed by atoms with van der Waals surface area (Å²) in [7, 11) is 1.84. The van der Waals surface area contributed by atoms with E-state index in [9.17, 15) is 15.2 Å². The van der Waals surface area contributed by atoms with Crippen LogP contribution in [0.15, 0.2) is 42.6 Å². The molecule has 8 heteroatoms. The van der Waals surface area contributed by atoms with E-state index < -0.39 is 4.92 Å². The second-order valence-electron chi connectivity index (χ2n) is 4.86. The van der Waals surface area contributed by atoms with E-state index in [-0.39, 0.29) is 11.6 Å². The van der Waals surface area contributed by atoms with Crippen LogP contribution in [0.25, 0.3) is 5.65 Å². The summed E-state index contributed by atoms with van der Waals surface area (Å²) < 4.78 is 1.21. The largest absolute Gasteiger partial charge is 0.508 e. The summed E-state index contributed by atoms with van der Waals surface area (Å²) in [6.45, 7) is 0.557. The third-order valence-electron chi connectivity index (χ3n) is 3.26. The second-order valence-corrected chi connectivity index (χ2v) is 4.86. The number of hydrogen-bond acceptors (Lipinski definition) is 6. The van der Waals surface area contributed by atoms with Crippen LogP contribution in [-0.4, -0.2) is 31.7 Å². The number of aromatic nitrogens is 3. The maximum atomic E-state index is 10.9. The number of fused-ring (bicyclic) bond motifs is 1. The van der Waals surface area contributed by atoms with Gasteiger partial charge in [0.15, 0.2) is 5.82 Å². The maximum Gasteiger partial charge on any atom is 0.368 e. The molecule has 0 bridgehead atoms. The van der Waals surface area contributed by atoms with Crippen LogP contribution in [-0.2, 0) is 6.54 Å². The van der Waals surface area contributed by atoms with Crippen molar-refractivity contribution < 1.29 is 10.0 Å². The van der Waals surface area contributed by atoms with Crippen molar-refractivity contribution in [2.24, 2.45) is 0 Å². The number of phenolic OH excluding ortho intramolecular Hbond substituents is 1. The Hall–Kier alpha value is -3.16. The van der Waals surface area contributed by atoms with Crippen LogP contribution >= 0.6 is 0 Å². The summed E-state index contributed by atoms with van der Waals surface area (Å²) in [5.41, 5.74) is 1.41. The quantitative estimate of drug-likeness (QED) is 0.584. The van der Waals surface area contributed by atoms with Crippen LogP contribution in [0, 0.1) is 10.1 Å². The lowest BCUT2D eigenvalue weighted by molar-refractivity contribution is -0.391. The van der Waals surface area contributed by atoms with Gasteiger partial charge in [-0.05, 0) is 28.7 Å². The molecule has 0 radical (unpaired) electrons. The number of benzene rings is 1. The van der Waals surface area contributed by atoms with Gasteiger partial charge >= 0.3 is 5.82 Å². The first-order chi connectivity index (χ1) is 10.5. The van der Waals surface area contributed by atoms with E-state index in [4.69, 9.17) is 0 Å². The molecule has 0 aliphatic carbocycles. The molecule has 1 N–H and O–H groups in total. The molecule has 2 heterocycles. The van der Waals surface area contributed by atoms with Crippen LogP contribution in [0.1, 0.15) is 5.56 Å². The summed E-state index contributed by atoms with van der Waals surface area (Å²) in [6.07, 6.45) is 1.19. The Bertz CT molecular complexity index is 828. The van der Waals surface area contributed by atoms with Gasteiger partial charge in [-0.3, -0.25) is 0 Å². The standard InChI is InChI=1S/C14H13N5O3/c1-17(9-10-2-4-11(20)5-3-10)13-7-6-12-15-8-14(19(21)22)18(12)16-13/h2-8,20H,9H2,1H3. The summed E-state index contributed by atoms with van der Waals surface area (Å²) in [6, 6.07) is 10.3. The molecule has 112 valence electrons. The van der Waals surface area contributed by atoms with Gasteiger partial charge in [0.1, 0.15) is 11.9 Å². The van der Waals surface area contributed by atoms with E-state index in [2.05, 4.69) is 10.1 Å². The summed E-state index contributed by atoms with van der Waals surface area (Å²) in [5, 5.41) is 24.5. The minimum absolute atomic E-state index is 0.171.